The van der Waals surface area contributed by atoms with Crippen molar-refractivity contribution in [3.05, 3.63) is 82.9 Å². The van der Waals surface area contributed by atoms with E-state index in [9.17, 15) is 17.6 Å². The number of pyridine rings is 1. The van der Waals surface area contributed by atoms with Gasteiger partial charge in [-0.3, -0.25) is 9.69 Å². The SMILES string of the molecule is CN1C(=O)C(c2cccc(OS(=O)(=O)C3CC3)c2)(c2cccc(-c3cc(Cl)cnc3F)c2)N=C1N. The highest BCUT2D eigenvalue weighted by Gasteiger charge is 2.50. The van der Waals surface area contributed by atoms with Crippen LogP contribution in [-0.4, -0.2) is 42.5 Å². The number of aromatic nitrogens is 1. The number of nitrogens with zero attached hydrogens (tertiary/aromatic N) is 3. The van der Waals surface area contributed by atoms with E-state index in [1.54, 1.807) is 36.4 Å². The van der Waals surface area contributed by atoms with Crippen molar-refractivity contribution in [3.8, 4) is 16.9 Å². The third kappa shape index (κ3) is 4.02. The molecule has 0 radical (unpaired) electrons. The number of carbonyl (C=O) groups excluding carboxylic acids is 1. The molecule has 0 bridgehead atoms. The number of likely N-dealkylation sites (N-methyl/N-ethyl adjacent to an activating group) is 1. The number of halogens is 2. The number of aliphatic imine (C=N–C) groups is 1. The Labute approximate surface area is 206 Å². The number of nitrogens with two attached hydrogens (primary N) is 1. The number of rotatable bonds is 6. The van der Waals surface area contributed by atoms with Crippen molar-refractivity contribution in [2.45, 2.75) is 23.6 Å². The zero-order chi connectivity index (χ0) is 25.0. The molecule has 8 nitrogen and oxygen atoms in total. The first-order valence-electron chi connectivity index (χ1n) is 10.7. The number of amides is 1. The molecule has 2 aromatic carbocycles. The number of benzene rings is 2. The van der Waals surface area contributed by atoms with Gasteiger partial charge in [-0.15, -0.1) is 0 Å². The number of hydrogen-bond donors (Lipinski definition) is 1. The van der Waals surface area contributed by atoms with Crippen molar-refractivity contribution < 1.29 is 21.8 Å². The Balaban J connectivity index is 1.66. The Hall–Kier alpha value is -3.50. The van der Waals surface area contributed by atoms with Crippen LogP contribution in [0.3, 0.4) is 0 Å². The fourth-order valence-corrected chi connectivity index (χ4v) is 5.43. The lowest BCUT2D eigenvalue weighted by Crippen LogP contribution is -2.41. The first-order valence-corrected chi connectivity index (χ1v) is 12.6. The van der Waals surface area contributed by atoms with Crippen LogP contribution in [0.1, 0.15) is 24.0 Å². The largest absolute Gasteiger partial charge is 0.382 e. The second-order valence-electron chi connectivity index (χ2n) is 8.42. The number of guanidine groups is 1. The predicted molar refractivity (Wildman–Crippen MR) is 129 cm³/mol. The van der Waals surface area contributed by atoms with E-state index in [0.29, 0.717) is 29.5 Å². The van der Waals surface area contributed by atoms with E-state index in [1.807, 2.05) is 0 Å². The van der Waals surface area contributed by atoms with Crippen LogP contribution < -0.4 is 9.92 Å². The van der Waals surface area contributed by atoms with Crippen LogP contribution in [0.25, 0.3) is 11.1 Å². The molecule has 3 aromatic rings. The molecule has 1 unspecified atom stereocenters. The fraction of sp³-hybridized carbons (Fsp3) is 0.208. The first-order chi connectivity index (χ1) is 16.6. The van der Waals surface area contributed by atoms with E-state index in [2.05, 4.69) is 9.98 Å². The lowest BCUT2D eigenvalue weighted by Gasteiger charge is -2.27. The van der Waals surface area contributed by atoms with Gasteiger partial charge < -0.3 is 9.92 Å². The lowest BCUT2D eigenvalue weighted by molar-refractivity contribution is -0.129. The van der Waals surface area contributed by atoms with Gasteiger partial charge in [0.15, 0.2) is 11.5 Å². The average molecular weight is 515 g/mol. The van der Waals surface area contributed by atoms with Gasteiger partial charge in [-0.05, 0) is 53.8 Å². The molecule has 1 amide bonds. The second-order valence-corrected chi connectivity index (χ2v) is 10.7. The van der Waals surface area contributed by atoms with Gasteiger partial charge in [0.2, 0.25) is 5.95 Å². The molecule has 0 saturated heterocycles. The minimum Gasteiger partial charge on any atom is -0.382 e. The predicted octanol–water partition coefficient (Wildman–Crippen LogP) is 3.44. The van der Waals surface area contributed by atoms with Crippen molar-refractivity contribution >= 4 is 33.6 Å². The van der Waals surface area contributed by atoms with Crippen LogP contribution in [0, 0.1) is 5.95 Å². The molecule has 2 heterocycles. The van der Waals surface area contributed by atoms with Crippen LogP contribution >= 0.6 is 11.6 Å². The zero-order valence-electron chi connectivity index (χ0n) is 18.5. The Morgan fingerprint density at radius 1 is 1.14 bits per heavy atom. The van der Waals surface area contributed by atoms with Crippen LogP contribution in [0.4, 0.5) is 4.39 Å². The molecule has 1 aromatic heterocycles. The van der Waals surface area contributed by atoms with Gasteiger partial charge >= 0.3 is 10.1 Å². The minimum absolute atomic E-state index is 0.0204. The summed E-state index contributed by atoms with van der Waals surface area (Å²) in [4.78, 5) is 23.0. The average Bonchev–Trinajstić information content (AvgIpc) is 3.66. The molecule has 2 N–H and O–H groups in total. The summed E-state index contributed by atoms with van der Waals surface area (Å²) in [6, 6.07) is 14.2. The van der Waals surface area contributed by atoms with E-state index < -0.39 is 32.8 Å². The van der Waals surface area contributed by atoms with Gasteiger partial charge in [-0.1, -0.05) is 41.9 Å². The molecule has 180 valence electrons. The number of hydrogen-bond acceptors (Lipinski definition) is 7. The maximum atomic E-state index is 14.5. The van der Waals surface area contributed by atoms with Gasteiger partial charge in [0.25, 0.3) is 5.91 Å². The molecule has 2 aliphatic rings. The fourth-order valence-electron chi connectivity index (χ4n) is 4.05. The summed E-state index contributed by atoms with van der Waals surface area (Å²) in [5.74, 6) is -1.14. The molecule has 11 heteroatoms. The molecule has 0 spiro atoms. The Morgan fingerprint density at radius 2 is 1.83 bits per heavy atom. The Morgan fingerprint density at radius 3 is 2.49 bits per heavy atom. The van der Waals surface area contributed by atoms with Crippen molar-refractivity contribution in [2.24, 2.45) is 10.7 Å². The zero-order valence-corrected chi connectivity index (χ0v) is 20.1. The number of carbonyl (C=O) groups is 1. The van der Waals surface area contributed by atoms with Gasteiger partial charge in [-0.2, -0.15) is 12.8 Å². The third-order valence-corrected chi connectivity index (χ3v) is 7.95. The van der Waals surface area contributed by atoms with E-state index in [4.69, 9.17) is 21.5 Å². The summed E-state index contributed by atoms with van der Waals surface area (Å²) in [5.41, 5.74) is 5.72. The molecule has 1 atom stereocenters. The third-order valence-electron chi connectivity index (χ3n) is 6.03. The van der Waals surface area contributed by atoms with E-state index >= 15 is 0 Å². The molecular formula is C24H20ClFN4O4S. The quantitative estimate of drug-likeness (QED) is 0.398. The Kier molecular flexibility index (Phi) is 5.52. The monoisotopic (exact) mass is 514 g/mol. The van der Waals surface area contributed by atoms with E-state index in [0.717, 1.165) is 0 Å². The van der Waals surface area contributed by atoms with Crippen LogP contribution in [0.5, 0.6) is 5.75 Å². The maximum Gasteiger partial charge on any atom is 0.312 e. The van der Waals surface area contributed by atoms with E-state index in [1.165, 1.54) is 36.3 Å². The Bertz CT molecular complexity index is 1490. The summed E-state index contributed by atoms with van der Waals surface area (Å²) in [6.45, 7) is 0. The van der Waals surface area contributed by atoms with Crippen LogP contribution in [-0.2, 0) is 20.5 Å². The summed E-state index contributed by atoms with van der Waals surface area (Å²) in [6.07, 6.45) is 2.31. The summed E-state index contributed by atoms with van der Waals surface area (Å²) < 4.78 is 44.6. The van der Waals surface area contributed by atoms with Gasteiger partial charge in [0.05, 0.1) is 10.3 Å². The van der Waals surface area contributed by atoms with Gasteiger partial charge in [0.1, 0.15) is 5.75 Å². The molecule has 5 rings (SSSR count). The standard InChI is InChI=1S/C24H20ClFN4O4S/c1-30-22(31)24(29-23(30)27,16-6-3-7-18(11-16)34-35(32,33)19-8-9-19)15-5-2-4-14(10-15)20-12-17(25)13-28-21(20)26/h2-7,10-13,19H,8-9H2,1H3,(H2,27,29). The van der Waals surface area contributed by atoms with Crippen molar-refractivity contribution in [3.63, 3.8) is 0 Å². The maximum absolute atomic E-state index is 14.5. The van der Waals surface area contributed by atoms with E-state index in [-0.39, 0.29) is 22.3 Å². The summed E-state index contributed by atoms with van der Waals surface area (Å²) in [7, 11) is -2.28. The van der Waals surface area contributed by atoms with Crippen molar-refractivity contribution in [1.29, 1.82) is 0 Å². The molecular weight excluding hydrogens is 495 g/mol. The smallest absolute Gasteiger partial charge is 0.312 e. The van der Waals surface area contributed by atoms with Crippen LogP contribution in [0.15, 0.2) is 65.8 Å². The highest BCUT2D eigenvalue weighted by Crippen LogP contribution is 2.42. The van der Waals surface area contributed by atoms with Gasteiger partial charge in [-0.25, -0.2) is 9.98 Å². The highest BCUT2D eigenvalue weighted by molar-refractivity contribution is 7.88. The normalized spacial score (nSPS) is 20.1. The van der Waals surface area contributed by atoms with Crippen molar-refractivity contribution in [2.75, 3.05) is 7.05 Å². The molecule has 1 aliphatic heterocycles. The van der Waals surface area contributed by atoms with Gasteiger partial charge in [0, 0.05) is 18.8 Å². The topological polar surface area (TPSA) is 115 Å². The van der Waals surface area contributed by atoms with Crippen molar-refractivity contribution in [1.82, 2.24) is 9.88 Å². The van der Waals surface area contributed by atoms with Crippen LogP contribution in [0.2, 0.25) is 5.02 Å². The minimum atomic E-state index is -3.77. The molecule has 1 saturated carbocycles. The molecule has 1 fully saturated rings. The lowest BCUT2D eigenvalue weighted by atomic mass is 9.81. The summed E-state index contributed by atoms with van der Waals surface area (Å²) >= 11 is 6.02. The first kappa shape index (κ1) is 23.3. The molecule has 35 heavy (non-hydrogen) atoms. The second kappa shape index (κ2) is 8.31. The summed E-state index contributed by atoms with van der Waals surface area (Å²) in [5, 5.41) is -0.270. The molecule has 1 aliphatic carbocycles. The highest BCUT2D eigenvalue weighted by atomic mass is 35.5.